The highest BCUT2D eigenvalue weighted by atomic mass is 79.9. The molecule has 0 aliphatic rings. The van der Waals surface area contributed by atoms with E-state index in [0.717, 1.165) is 15.1 Å². The summed E-state index contributed by atoms with van der Waals surface area (Å²) < 4.78 is 1.11. The average Bonchev–Trinajstić information content (AvgIpc) is 2.33. The van der Waals surface area contributed by atoms with E-state index in [1.165, 1.54) is 16.7 Å². The fourth-order valence-corrected chi connectivity index (χ4v) is 3.86. The van der Waals surface area contributed by atoms with E-state index in [1.54, 1.807) is 0 Å². The van der Waals surface area contributed by atoms with Gasteiger partial charge in [0.15, 0.2) is 0 Å². The second kappa shape index (κ2) is 5.77. The van der Waals surface area contributed by atoms with Gasteiger partial charge in [0.1, 0.15) is 0 Å². The van der Waals surface area contributed by atoms with Gasteiger partial charge in [0.25, 0.3) is 0 Å². The van der Waals surface area contributed by atoms with Crippen molar-refractivity contribution in [3.63, 3.8) is 0 Å². The van der Waals surface area contributed by atoms with E-state index in [2.05, 4.69) is 57.0 Å². The van der Waals surface area contributed by atoms with E-state index in [9.17, 15) is 0 Å². The third-order valence-electron chi connectivity index (χ3n) is 3.00. The Bertz CT molecular complexity index is 579. The van der Waals surface area contributed by atoms with Crippen molar-refractivity contribution in [3.05, 3.63) is 68.1 Å². The maximum absolute atomic E-state index is 6.14. The molecule has 0 radical (unpaired) electrons. The minimum absolute atomic E-state index is 0.170. The first-order chi connectivity index (χ1) is 8.50. The summed E-state index contributed by atoms with van der Waals surface area (Å²) in [5.74, 6) is 0. The first kappa shape index (κ1) is 14.1. The molecule has 18 heavy (non-hydrogen) atoms. The van der Waals surface area contributed by atoms with Crippen molar-refractivity contribution in [2.24, 2.45) is 0 Å². The van der Waals surface area contributed by atoms with E-state index in [0.29, 0.717) is 0 Å². The Morgan fingerprint density at radius 2 is 1.67 bits per heavy atom. The maximum Gasteiger partial charge on any atom is 0.0658 e. The summed E-state index contributed by atoms with van der Waals surface area (Å²) in [6, 6.07) is 12.4. The van der Waals surface area contributed by atoms with Crippen LogP contribution in [0.3, 0.4) is 0 Å². The zero-order valence-electron chi connectivity index (χ0n) is 10.2. The van der Waals surface area contributed by atoms with Crippen LogP contribution in [0.1, 0.15) is 27.1 Å². The molecule has 0 bridgehead atoms. The molecular weight excluding hydrogens is 375 g/mol. The van der Waals surface area contributed by atoms with Gasteiger partial charge in [-0.2, -0.15) is 0 Å². The van der Waals surface area contributed by atoms with Crippen LogP contribution < -0.4 is 0 Å². The van der Waals surface area contributed by atoms with Gasteiger partial charge < -0.3 is 0 Å². The molecule has 3 heteroatoms. The predicted octanol–water partition coefficient (Wildman–Crippen LogP) is 6.20. The molecule has 0 spiro atoms. The molecule has 0 fully saturated rings. The summed E-state index contributed by atoms with van der Waals surface area (Å²) in [4.78, 5) is 0.170. The van der Waals surface area contributed by atoms with Gasteiger partial charge in [-0.15, -0.1) is 0 Å². The van der Waals surface area contributed by atoms with Crippen LogP contribution in [0.5, 0.6) is 0 Å². The van der Waals surface area contributed by atoms with Gasteiger partial charge in [0.2, 0.25) is 0 Å². The van der Waals surface area contributed by atoms with Crippen molar-refractivity contribution in [2.45, 2.75) is 18.7 Å². The third kappa shape index (κ3) is 2.81. The lowest BCUT2D eigenvalue weighted by Crippen LogP contribution is -1.98. The van der Waals surface area contributed by atoms with E-state index in [1.807, 2.05) is 25.1 Å². The molecule has 1 atom stereocenters. The van der Waals surface area contributed by atoms with Crippen LogP contribution >= 0.6 is 43.5 Å². The molecule has 0 N–H and O–H groups in total. The summed E-state index contributed by atoms with van der Waals surface area (Å²) in [5, 5.41) is 0.822. The Kier molecular flexibility index (Phi) is 4.52. The first-order valence-corrected chi connectivity index (χ1v) is 7.74. The topological polar surface area (TPSA) is 0 Å². The van der Waals surface area contributed by atoms with Crippen LogP contribution in [0.15, 0.2) is 40.9 Å². The quantitative estimate of drug-likeness (QED) is 0.537. The molecule has 0 aliphatic heterocycles. The zero-order valence-corrected chi connectivity index (χ0v) is 14.1. The molecule has 0 heterocycles. The molecule has 0 saturated heterocycles. The summed E-state index contributed by atoms with van der Waals surface area (Å²) in [6.07, 6.45) is 0. The molecule has 0 aliphatic carbocycles. The highest BCUT2D eigenvalue weighted by Crippen LogP contribution is 2.38. The zero-order chi connectivity index (χ0) is 13.3. The highest BCUT2D eigenvalue weighted by Gasteiger charge is 2.16. The van der Waals surface area contributed by atoms with Crippen molar-refractivity contribution in [3.8, 4) is 0 Å². The minimum Gasteiger partial charge on any atom is -0.0840 e. The minimum atomic E-state index is 0.170. The smallest absolute Gasteiger partial charge is 0.0658 e. The second-order valence-electron chi connectivity index (χ2n) is 4.34. The fourth-order valence-electron chi connectivity index (χ4n) is 1.92. The van der Waals surface area contributed by atoms with Gasteiger partial charge in [0, 0.05) is 9.50 Å². The molecule has 2 aromatic carbocycles. The summed E-state index contributed by atoms with van der Waals surface area (Å²) >= 11 is 13.5. The van der Waals surface area contributed by atoms with Gasteiger partial charge in [-0.05, 0) is 48.2 Å². The third-order valence-corrected chi connectivity index (χ3v) is 5.11. The molecule has 2 aromatic rings. The van der Waals surface area contributed by atoms with Crippen LogP contribution in [0.2, 0.25) is 5.02 Å². The normalized spacial score (nSPS) is 12.5. The number of alkyl halides is 1. The predicted molar refractivity (Wildman–Crippen MR) is 85.8 cm³/mol. The Balaban J connectivity index is 2.50. The Morgan fingerprint density at radius 3 is 2.33 bits per heavy atom. The van der Waals surface area contributed by atoms with Crippen LogP contribution in [0.4, 0.5) is 0 Å². The monoisotopic (exact) mass is 386 g/mol. The molecule has 2 rings (SSSR count). The molecule has 0 amide bonds. The number of hydrogen-bond donors (Lipinski definition) is 0. The van der Waals surface area contributed by atoms with Crippen molar-refractivity contribution in [1.82, 2.24) is 0 Å². The summed E-state index contributed by atoms with van der Waals surface area (Å²) in [6.45, 7) is 4.12. The lowest BCUT2D eigenvalue weighted by Gasteiger charge is -2.16. The number of hydrogen-bond acceptors (Lipinski definition) is 0. The van der Waals surface area contributed by atoms with Crippen LogP contribution in [0.25, 0.3) is 0 Å². The molecule has 0 aromatic heterocycles. The van der Waals surface area contributed by atoms with Crippen LogP contribution in [0, 0.1) is 13.8 Å². The number of benzene rings is 2. The van der Waals surface area contributed by atoms with Crippen molar-refractivity contribution < 1.29 is 0 Å². The van der Waals surface area contributed by atoms with Gasteiger partial charge in [-0.3, -0.25) is 0 Å². The van der Waals surface area contributed by atoms with Gasteiger partial charge in [-0.25, -0.2) is 0 Å². The Hall–Kier alpha value is -0.310. The van der Waals surface area contributed by atoms with Crippen molar-refractivity contribution in [2.75, 3.05) is 0 Å². The maximum atomic E-state index is 6.14. The van der Waals surface area contributed by atoms with E-state index >= 15 is 0 Å². The van der Waals surface area contributed by atoms with Gasteiger partial charge in [-0.1, -0.05) is 67.7 Å². The van der Waals surface area contributed by atoms with E-state index in [-0.39, 0.29) is 4.83 Å². The number of rotatable bonds is 2. The molecule has 0 nitrogen and oxygen atoms in total. The van der Waals surface area contributed by atoms with E-state index < -0.39 is 0 Å². The number of aryl methyl sites for hydroxylation is 2. The summed E-state index contributed by atoms with van der Waals surface area (Å²) in [5.41, 5.74) is 4.78. The van der Waals surface area contributed by atoms with E-state index in [4.69, 9.17) is 11.6 Å². The Morgan fingerprint density at radius 1 is 1.00 bits per heavy atom. The Labute approximate surface area is 130 Å². The molecule has 94 valence electrons. The second-order valence-corrected chi connectivity index (χ2v) is 6.52. The SMILES string of the molecule is Cc1cc(C(Br)c2ccccc2Br)c(C)cc1Cl. The molecule has 0 saturated carbocycles. The van der Waals surface area contributed by atoms with Crippen molar-refractivity contribution >= 4 is 43.5 Å². The largest absolute Gasteiger partial charge is 0.0840 e. The average molecular weight is 389 g/mol. The highest BCUT2D eigenvalue weighted by molar-refractivity contribution is 9.11. The summed E-state index contributed by atoms with van der Waals surface area (Å²) in [7, 11) is 0. The lowest BCUT2D eigenvalue weighted by atomic mass is 9.98. The standard InChI is InChI=1S/C15H13Br2Cl/c1-9-8-14(18)10(2)7-12(9)15(17)11-5-3-4-6-13(11)16/h3-8,15H,1-2H3. The van der Waals surface area contributed by atoms with Crippen LogP contribution in [-0.2, 0) is 0 Å². The van der Waals surface area contributed by atoms with Gasteiger partial charge >= 0.3 is 0 Å². The molecular formula is C15H13Br2Cl. The fraction of sp³-hybridized carbons (Fsp3) is 0.200. The lowest BCUT2D eigenvalue weighted by molar-refractivity contribution is 1.12. The van der Waals surface area contributed by atoms with Crippen molar-refractivity contribution in [1.29, 1.82) is 0 Å². The number of halogens is 3. The molecule has 1 unspecified atom stereocenters. The first-order valence-electron chi connectivity index (χ1n) is 5.66. The van der Waals surface area contributed by atoms with Crippen LogP contribution in [-0.4, -0.2) is 0 Å². The van der Waals surface area contributed by atoms with Gasteiger partial charge in [0.05, 0.1) is 4.83 Å².